The molecule has 1 unspecified atom stereocenters. The minimum atomic E-state index is 0.0999. The summed E-state index contributed by atoms with van der Waals surface area (Å²) in [7, 11) is 0. The van der Waals surface area contributed by atoms with Crippen LogP contribution < -0.4 is 5.32 Å². The maximum Gasteiger partial charge on any atom is 0.180 e. The molecule has 0 saturated carbocycles. The van der Waals surface area contributed by atoms with E-state index in [4.69, 9.17) is 0 Å². The Morgan fingerprint density at radius 1 is 1.00 bits per heavy atom. The van der Waals surface area contributed by atoms with Crippen LogP contribution in [0.2, 0.25) is 0 Å². The van der Waals surface area contributed by atoms with E-state index in [2.05, 4.69) is 63.5 Å². The summed E-state index contributed by atoms with van der Waals surface area (Å²) >= 11 is 0. The van der Waals surface area contributed by atoms with Crippen molar-refractivity contribution in [1.29, 1.82) is 0 Å². The van der Waals surface area contributed by atoms with Crippen LogP contribution in [0.25, 0.3) is 17.2 Å². The zero-order valence-corrected chi connectivity index (χ0v) is 15.9. The number of rotatable bonds is 6. The van der Waals surface area contributed by atoms with Crippen LogP contribution >= 0.6 is 0 Å². The van der Waals surface area contributed by atoms with E-state index in [0.717, 1.165) is 29.3 Å². The van der Waals surface area contributed by atoms with Crippen molar-refractivity contribution in [2.75, 3.05) is 5.32 Å². The largest absolute Gasteiger partial charge is 0.363 e. The molecular weight excluding hydrogens is 348 g/mol. The number of nitrogens with one attached hydrogen (secondary N) is 1. The summed E-state index contributed by atoms with van der Waals surface area (Å²) in [5.41, 5.74) is 3.97. The lowest BCUT2D eigenvalue weighted by atomic mass is 10.1. The Bertz CT molecular complexity index is 1030. The maximum atomic E-state index is 4.68. The molecule has 0 spiro atoms. The van der Waals surface area contributed by atoms with Gasteiger partial charge in [0, 0.05) is 36.4 Å². The van der Waals surface area contributed by atoms with Gasteiger partial charge >= 0.3 is 0 Å². The highest BCUT2D eigenvalue weighted by Crippen LogP contribution is 2.22. The third-order valence-electron chi connectivity index (χ3n) is 4.56. The van der Waals surface area contributed by atoms with Crippen molar-refractivity contribution in [1.82, 2.24) is 24.7 Å². The third-order valence-corrected chi connectivity index (χ3v) is 4.56. The van der Waals surface area contributed by atoms with Crippen molar-refractivity contribution in [3.63, 3.8) is 0 Å². The molecule has 1 aromatic carbocycles. The van der Waals surface area contributed by atoms with Gasteiger partial charge in [-0.05, 0) is 49.2 Å². The van der Waals surface area contributed by atoms with Crippen LogP contribution in [-0.2, 0) is 6.42 Å². The predicted octanol–water partition coefficient (Wildman–Crippen LogP) is 4.46. The zero-order valence-electron chi connectivity index (χ0n) is 15.9. The van der Waals surface area contributed by atoms with Crippen LogP contribution in [0.1, 0.15) is 31.1 Å². The minimum Gasteiger partial charge on any atom is -0.363 e. The number of pyridine rings is 1. The molecule has 140 valence electrons. The fraction of sp³-hybridized carbons (Fsp3) is 0.182. The average Bonchev–Trinajstić information content (AvgIpc) is 3.29. The zero-order chi connectivity index (χ0) is 19.3. The number of hydrogen-bond donors (Lipinski definition) is 1. The molecule has 1 atom stereocenters. The average molecular weight is 370 g/mol. The topological polar surface area (TPSA) is 68.5 Å². The van der Waals surface area contributed by atoms with Crippen LogP contribution in [0.5, 0.6) is 0 Å². The van der Waals surface area contributed by atoms with Gasteiger partial charge in [-0.1, -0.05) is 25.1 Å². The van der Waals surface area contributed by atoms with Gasteiger partial charge in [0.15, 0.2) is 5.82 Å². The molecule has 0 aliphatic heterocycles. The summed E-state index contributed by atoms with van der Waals surface area (Å²) < 4.78 is 1.85. The molecule has 0 aliphatic carbocycles. The highest BCUT2D eigenvalue weighted by molar-refractivity contribution is 5.53. The van der Waals surface area contributed by atoms with E-state index in [1.165, 1.54) is 5.56 Å². The second kappa shape index (κ2) is 8.00. The van der Waals surface area contributed by atoms with E-state index in [-0.39, 0.29) is 6.04 Å². The van der Waals surface area contributed by atoms with Crippen LogP contribution in [0.3, 0.4) is 0 Å². The fourth-order valence-corrected chi connectivity index (χ4v) is 3.00. The van der Waals surface area contributed by atoms with Crippen LogP contribution in [0.4, 0.5) is 5.82 Å². The minimum absolute atomic E-state index is 0.0999. The van der Waals surface area contributed by atoms with Crippen LogP contribution in [0, 0.1) is 0 Å². The number of nitrogens with zero attached hydrogens (tertiary/aromatic N) is 5. The quantitative estimate of drug-likeness (QED) is 0.543. The number of aromatic nitrogens is 5. The summed E-state index contributed by atoms with van der Waals surface area (Å²) in [6.45, 7) is 4.21. The lowest BCUT2D eigenvalue weighted by molar-refractivity contribution is 0.855. The first-order valence-electron chi connectivity index (χ1n) is 9.39. The fourth-order valence-electron chi connectivity index (χ4n) is 3.00. The molecule has 0 aliphatic rings. The number of anilines is 1. The Balaban J connectivity index is 1.56. The molecule has 28 heavy (non-hydrogen) atoms. The monoisotopic (exact) mass is 370 g/mol. The van der Waals surface area contributed by atoms with E-state index in [0.29, 0.717) is 5.82 Å². The number of hydrogen-bond acceptors (Lipinski definition) is 5. The first-order chi connectivity index (χ1) is 13.7. The van der Waals surface area contributed by atoms with Gasteiger partial charge in [-0.2, -0.15) is 5.10 Å². The van der Waals surface area contributed by atoms with Gasteiger partial charge in [0.1, 0.15) is 11.5 Å². The van der Waals surface area contributed by atoms with Gasteiger partial charge in [0.05, 0.1) is 5.69 Å². The molecule has 4 aromatic rings. The second-order valence-corrected chi connectivity index (χ2v) is 6.54. The summed E-state index contributed by atoms with van der Waals surface area (Å²) in [6.07, 6.45) is 6.30. The van der Waals surface area contributed by atoms with E-state index in [1.54, 1.807) is 12.4 Å². The first-order valence-corrected chi connectivity index (χ1v) is 9.39. The van der Waals surface area contributed by atoms with E-state index >= 15 is 0 Å². The summed E-state index contributed by atoms with van der Waals surface area (Å²) in [5, 5.41) is 7.76. The van der Waals surface area contributed by atoms with Gasteiger partial charge < -0.3 is 5.32 Å². The van der Waals surface area contributed by atoms with Gasteiger partial charge in [-0.3, -0.25) is 4.98 Å². The second-order valence-electron chi connectivity index (χ2n) is 6.54. The highest BCUT2D eigenvalue weighted by Gasteiger charge is 2.11. The summed E-state index contributed by atoms with van der Waals surface area (Å²) in [5.74, 6) is 1.44. The van der Waals surface area contributed by atoms with Crippen LogP contribution in [-0.4, -0.2) is 24.7 Å². The molecule has 0 bridgehead atoms. The first kappa shape index (κ1) is 17.9. The van der Waals surface area contributed by atoms with Gasteiger partial charge in [-0.15, -0.1) is 0 Å². The number of benzene rings is 1. The van der Waals surface area contributed by atoms with E-state index < -0.39 is 0 Å². The lowest BCUT2D eigenvalue weighted by Gasteiger charge is -2.16. The molecule has 1 N–H and O–H groups in total. The predicted molar refractivity (Wildman–Crippen MR) is 110 cm³/mol. The van der Waals surface area contributed by atoms with Crippen molar-refractivity contribution >= 4 is 5.82 Å². The molecule has 0 saturated heterocycles. The standard InChI is InChI=1S/C22H22N6/c1-3-18-15-21(27-22(26-18)20-7-4-5-12-23-20)25-16(2)17-8-10-19(11-9-17)28-14-6-13-24-28/h4-16H,3H2,1-2H3,(H,25,26,27). The SMILES string of the molecule is CCc1cc(NC(C)c2ccc(-n3cccn3)cc2)nc(-c2ccccn2)n1. The Morgan fingerprint density at radius 2 is 1.86 bits per heavy atom. The van der Waals surface area contributed by atoms with Crippen molar-refractivity contribution in [3.8, 4) is 17.2 Å². The Hall–Kier alpha value is -3.54. The lowest BCUT2D eigenvalue weighted by Crippen LogP contribution is -2.10. The number of aryl methyl sites for hydroxylation is 1. The molecule has 3 heterocycles. The normalized spacial score (nSPS) is 11.9. The van der Waals surface area contributed by atoms with E-state index in [9.17, 15) is 0 Å². The molecule has 4 rings (SSSR count). The van der Waals surface area contributed by atoms with Gasteiger partial charge in [-0.25, -0.2) is 14.6 Å². The molecule has 0 radical (unpaired) electrons. The Labute approximate surface area is 164 Å². The summed E-state index contributed by atoms with van der Waals surface area (Å²) in [6, 6.07) is 18.1. The van der Waals surface area contributed by atoms with Crippen molar-refractivity contribution in [2.45, 2.75) is 26.3 Å². The molecular formula is C22H22N6. The smallest absolute Gasteiger partial charge is 0.180 e. The molecule has 6 nitrogen and oxygen atoms in total. The molecule has 0 fully saturated rings. The van der Waals surface area contributed by atoms with Crippen molar-refractivity contribution < 1.29 is 0 Å². The molecule has 0 amide bonds. The Morgan fingerprint density at radius 3 is 2.54 bits per heavy atom. The highest BCUT2D eigenvalue weighted by atomic mass is 15.3. The Kier molecular flexibility index (Phi) is 5.10. The van der Waals surface area contributed by atoms with E-state index in [1.807, 2.05) is 41.2 Å². The third kappa shape index (κ3) is 3.91. The summed E-state index contributed by atoms with van der Waals surface area (Å²) in [4.78, 5) is 13.7. The maximum absolute atomic E-state index is 4.68. The van der Waals surface area contributed by atoms with Crippen molar-refractivity contribution in [3.05, 3.63) is 84.4 Å². The van der Waals surface area contributed by atoms with Gasteiger partial charge in [0.2, 0.25) is 0 Å². The molecule has 3 aromatic heterocycles. The van der Waals surface area contributed by atoms with Crippen LogP contribution in [0.15, 0.2) is 73.2 Å². The molecule has 6 heteroatoms. The van der Waals surface area contributed by atoms with Crippen molar-refractivity contribution in [2.24, 2.45) is 0 Å². The van der Waals surface area contributed by atoms with Gasteiger partial charge in [0.25, 0.3) is 0 Å².